The van der Waals surface area contributed by atoms with Crippen LogP contribution in [0.2, 0.25) is 5.02 Å². The van der Waals surface area contributed by atoms with E-state index in [0.29, 0.717) is 31.2 Å². The molecule has 1 heterocycles. The summed E-state index contributed by atoms with van der Waals surface area (Å²) in [7, 11) is 0. The molecule has 8 heteroatoms. The Morgan fingerprint density at radius 3 is 2.35 bits per heavy atom. The standard InChI is InChI=1S/C15H18ClF2N3O2/c16-12-4-2-1-3-11(12)9-14(22)20-5-7-21(8-6-20)15(23)19-10-13(17)18/h1-4,13H,5-10H2,(H,19,23). The zero-order valence-corrected chi connectivity index (χ0v) is 13.2. The molecule has 0 unspecified atom stereocenters. The minimum absolute atomic E-state index is 0.0641. The molecule has 0 saturated carbocycles. The number of piperazine rings is 1. The van der Waals surface area contributed by atoms with Crippen LogP contribution in [0, 0.1) is 0 Å². The molecular formula is C15H18ClF2N3O2. The molecule has 2 rings (SSSR count). The third kappa shape index (κ3) is 5.06. The summed E-state index contributed by atoms with van der Waals surface area (Å²) in [6.45, 7) is 0.744. The van der Waals surface area contributed by atoms with Crippen LogP contribution in [0.5, 0.6) is 0 Å². The van der Waals surface area contributed by atoms with Gasteiger partial charge in [-0.05, 0) is 11.6 Å². The Bertz CT molecular complexity index is 563. The van der Waals surface area contributed by atoms with Gasteiger partial charge in [0.15, 0.2) is 0 Å². The molecule has 1 saturated heterocycles. The molecule has 1 fully saturated rings. The Hall–Kier alpha value is -1.89. The van der Waals surface area contributed by atoms with Crippen molar-refractivity contribution in [2.75, 3.05) is 32.7 Å². The quantitative estimate of drug-likeness (QED) is 0.907. The number of carbonyl (C=O) groups excluding carboxylic acids is 2. The fourth-order valence-corrected chi connectivity index (χ4v) is 2.55. The smallest absolute Gasteiger partial charge is 0.317 e. The van der Waals surface area contributed by atoms with E-state index < -0.39 is 19.0 Å². The number of benzene rings is 1. The first-order valence-electron chi connectivity index (χ1n) is 7.29. The number of carbonyl (C=O) groups is 2. The topological polar surface area (TPSA) is 52.7 Å². The van der Waals surface area contributed by atoms with Crippen LogP contribution in [0.15, 0.2) is 24.3 Å². The van der Waals surface area contributed by atoms with Crippen LogP contribution >= 0.6 is 11.6 Å². The number of nitrogens with one attached hydrogen (secondary N) is 1. The molecular weight excluding hydrogens is 328 g/mol. The number of urea groups is 1. The van der Waals surface area contributed by atoms with Crippen molar-refractivity contribution in [3.05, 3.63) is 34.9 Å². The van der Waals surface area contributed by atoms with Gasteiger partial charge in [-0.1, -0.05) is 29.8 Å². The summed E-state index contributed by atoms with van der Waals surface area (Å²) < 4.78 is 24.1. The molecule has 1 aromatic rings. The van der Waals surface area contributed by atoms with Gasteiger partial charge in [0.1, 0.15) is 0 Å². The van der Waals surface area contributed by atoms with Crippen LogP contribution in [0.3, 0.4) is 0 Å². The zero-order chi connectivity index (χ0) is 16.8. The van der Waals surface area contributed by atoms with E-state index in [2.05, 4.69) is 5.32 Å². The summed E-state index contributed by atoms with van der Waals surface area (Å²) in [6, 6.07) is 6.62. The fraction of sp³-hybridized carbons (Fsp3) is 0.467. The van der Waals surface area contributed by atoms with E-state index in [0.717, 1.165) is 5.56 Å². The lowest BCUT2D eigenvalue weighted by Crippen LogP contribution is -2.53. The Balaban J connectivity index is 1.81. The predicted octanol–water partition coefficient (Wildman–Crippen LogP) is 2.00. The molecule has 3 amide bonds. The second-order valence-corrected chi connectivity index (χ2v) is 5.62. The van der Waals surface area contributed by atoms with Gasteiger partial charge >= 0.3 is 6.03 Å². The van der Waals surface area contributed by atoms with Crippen LogP contribution in [0.1, 0.15) is 5.56 Å². The summed E-state index contributed by atoms with van der Waals surface area (Å²) in [5.74, 6) is -0.0641. The maximum atomic E-state index is 12.3. The third-order valence-electron chi connectivity index (χ3n) is 3.63. The third-order valence-corrected chi connectivity index (χ3v) is 4.00. The highest BCUT2D eigenvalue weighted by Crippen LogP contribution is 2.16. The second kappa shape index (κ2) is 8.10. The Labute approximate surface area is 138 Å². The van der Waals surface area contributed by atoms with E-state index in [4.69, 9.17) is 11.6 Å². The molecule has 1 aromatic carbocycles. The average Bonchev–Trinajstić information content (AvgIpc) is 2.54. The van der Waals surface area contributed by atoms with Gasteiger partial charge in [0.05, 0.1) is 13.0 Å². The van der Waals surface area contributed by atoms with Crippen molar-refractivity contribution in [3.8, 4) is 0 Å². The van der Waals surface area contributed by atoms with Crippen LogP contribution < -0.4 is 5.32 Å². The highest BCUT2D eigenvalue weighted by Gasteiger charge is 2.24. The van der Waals surface area contributed by atoms with Gasteiger partial charge in [-0.25, -0.2) is 13.6 Å². The van der Waals surface area contributed by atoms with Crippen molar-refractivity contribution in [1.82, 2.24) is 15.1 Å². The molecule has 1 aliphatic rings. The first-order valence-corrected chi connectivity index (χ1v) is 7.67. The van der Waals surface area contributed by atoms with Crippen molar-refractivity contribution in [2.24, 2.45) is 0 Å². The van der Waals surface area contributed by atoms with Crippen LogP contribution in [-0.2, 0) is 11.2 Å². The van der Waals surface area contributed by atoms with Crippen molar-refractivity contribution < 1.29 is 18.4 Å². The molecule has 0 aromatic heterocycles. The molecule has 1 aliphatic heterocycles. The van der Waals surface area contributed by atoms with Gasteiger partial charge in [-0.15, -0.1) is 0 Å². The molecule has 0 atom stereocenters. The number of halogens is 3. The first-order chi connectivity index (χ1) is 11.0. The first kappa shape index (κ1) is 17.5. The Morgan fingerprint density at radius 2 is 1.74 bits per heavy atom. The predicted molar refractivity (Wildman–Crippen MR) is 82.7 cm³/mol. The maximum absolute atomic E-state index is 12.3. The molecule has 126 valence electrons. The molecule has 23 heavy (non-hydrogen) atoms. The van der Waals surface area contributed by atoms with Crippen LogP contribution in [0.25, 0.3) is 0 Å². The van der Waals surface area contributed by atoms with E-state index in [1.165, 1.54) is 4.90 Å². The van der Waals surface area contributed by atoms with Gasteiger partial charge < -0.3 is 15.1 Å². The monoisotopic (exact) mass is 345 g/mol. The number of rotatable bonds is 4. The highest BCUT2D eigenvalue weighted by molar-refractivity contribution is 6.31. The molecule has 1 N–H and O–H groups in total. The lowest BCUT2D eigenvalue weighted by atomic mass is 10.1. The molecule has 0 aliphatic carbocycles. The maximum Gasteiger partial charge on any atom is 0.317 e. The zero-order valence-electron chi connectivity index (χ0n) is 12.5. The normalized spacial score (nSPS) is 15.0. The van der Waals surface area contributed by atoms with E-state index in [9.17, 15) is 18.4 Å². The lowest BCUT2D eigenvalue weighted by molar-refractivity contribution is -0.131. The van der Waals surface area contributed by atoms with Crippen LogP contribution in [-0.4, -0.2) is 60.9 Å². The summed E-state index contributed by atoms with van der Waals surface area (Å²) in [6.07, 6.45) is -2.37. The summed E-state index contributed by atoms with van der Waals surface area (Å²) in [4.78, 5) is 27.0. The van der Waals surface area contributed by atoms with E-state index in [-0.39, 0.29) is 12.3 Å². The number of alkyl halides is 2. The summed E-state index contributed by atoms with van der Waals surface area (Å²) in [5, 5.41) is 2.71. The van der Waals surface area contributed by atoms with Crippen molar-refractivity contribution in [2.45, 2.75) is 12.8 Å². The van der Waals surface area contributed by atoms with Crippen LogP contribution in [0.4, 0.5) is 13.6 Å². The fourth-order valence-electron chi connectivity index (χ4n) is 2.35. The second-order valence-electron chi connectivity index (χ2n) is 5.21. The lowest BCUT2D eigenvalue weighted by Gasteiger charge is -2.34. The molecule has 0 spiro atoms. The van der Waals surface area contributed by atoms with E-state index in [1.807, 2.05) is 6.07 Å². The number of nitrogens with zero attached hydrogens (tertiary/aromatic N) is 2. The van der Waals surface area contributed by atoms with E-state index in [1.54, 1.807) is 23.1 Å². The van der Waals surface area contributed by atoms with Gasteiger partial charge in [-0.3, -0.25) is 4.79 Å². The molecule has 5 nitrogen and oxygen atoms in total. The van der Waals surface area contributed by atoms with E-state index >= 15 is 0 Å². The summed E-state index contributed by atoms with van der Waals surface area (Å²) >= 11 is 6.04. The minimum Gasteiger partial charge on any atom is -0.339 e. The van der Waals surface area contributed by atoms with Crippen molar-refractivity contribution >= 4 is 23.5 Å². The largest absolute Gasteiger partial charge is 0.339 e. The average molecular weight is 346 g/mol. The molecule has 0 bridgehead atoms. The van der Waals surface area contributed by atoms with Gasteiger partial charge in [0.25, 0.3) is 6.43 Å². The number of hydrogen-bond acceptors (Lipinski definition) is 2. The number of hydrogen-bond donors (Lipinski definition) is 1. The summed E-state index contributed by atoms with van der Waals surface area (Å²) in [5.41, 5.74) is 0.760. The highest BCUT2D eigenvalue weighted by atomic mass is 35.5. The van der Waals surface area contributed by atoms with Crippen molar-refractivity contribution in [3.63, 3.8) is 0 Å². The SMILES string of the molecule is O=C(Cc1ccccc1Cl)N1CCN(C(=O)NCC(F)F)CC1. The van der Waals surface area contributed by atoms with Crippen molar-refractivity contribution in [1.29, 1.82) is 0 Å². The Morgan fingerprint density at radius 1 is 1.13 bits per heavy atom. The minimum atomic E-state index is -2.57. The van der Waals surface area contributed by atoms with Gasteiger partial charge in [0.2, 0.25) is 5.91 Å². The number of amides is 3. The van der Waals surface area contributed by atoms with Gasteiger partial charge in [-0.2, -0.15) is 0 Å². The Kier molecular flexibility index (Phi) is 6.15. The van der Waals surface area contributed by atoms with Gasteiger partial charge in [0, 0.05) is 31.2 Å². The molecule has 0 radical (unpaired) electrons.